The molecule has 5 nitrogen and oxygen atoms in total. The Labute approximate surface area is 159 Å². The van der Waals surface area contributed by atoms with Crippen LogP contribution in [-0.4, -0.2) is 29.0 Å². The van der Waals surface area contributed by atoms with Crippen LogP contribution in [0, 0.1) is 5.92 Å². The number of aromatic nitrogens is 2. The van der Waals surface area contributed by atoms with Crippen LogP contribution < -0.4 is 10.2 Å². The van der Waals surface area contributed by atoms with Crippen LogP contribution in [0.3, 0.4) is 0 Å². The number of benzene rings is 2. The van der Waals surface area contributed by atoms with Gasteiger partial charge in [-0.2, -0.15) is 0 Å². The predicted octanol–water partition coefficient (Wildman–Crippen LogP) is 3.72. The summed E-state index contributed by atoms with van der Waals surface area (Å²) in [5, 5.41) is 3.17. The number of nitrogens with one attached hydrogen (secondary N) is 1. The van der Waals surface area contributed by atoms with E-state index in [0.29, 0.717) is 6.54 Å². The van der Waals surface area contributed by atoms with Crippen LogP contribution in [0.15, 0.2) is 60.8 Å². The SMILES string of the molecule is C[C@@H](NC(=O)[C@@H]1CCCN(c2cnc3ccccc3n2)C1)c1ccccc1. The van der Waals surface area contributed by atoms with E-state index in [1.54, 1.807) is 0 Å². The molecule has 1 aromatic heterocycles. The van der Waals surface area contributed by atoms with Gasteiger partial charge in [0.25, 0.3) is 0 Å². The second-order valence-electron chi connectivity index (χ2n) is 7.14. The summed E-state index contributed by atoms with van der Waals surface area (Å²) < 4.78 is 0. The lowest BCUT2D eigenvalue weighted by molar-refractivity contribution is -0.125. The third kappa shape index (κ3) is 3.92. The first-order valence-corrected chi connectivity index (χ1v) is 9.53. The minimum absolute atomic E-state index is 0.00883. The van der Waals surface area contributed by atoms with Crippen molar-refractivity contribution >= 4 is 22.8 Å². The summed E-state index contributed by atoms with van der Waals surface area (Å²) >= 11 is 0. The van der Waals surface area contributed by atoms with Gasteiger partial charge in [-0.05, 0) is 37.5 Å². The molecule has 2 atom stereocenters. The molecule has 0 radical (unpaired) electrons. The Balaban J connectivity index is 1.44. The molecule has 1 fully saturated rings. The van der Waals surface area contributed by atoms with Crippen LogP contribution in [0.2, 0.25) is 0 Å². The number of piperidine rings is 1. The van der Waals surface area contributed by atoms with Crippen LogP contribution >= 0.6 is 0 Å². The molecule has 0 aliphatic carbocycles. The van der Waals surface area contributed by atoms with Crippen molar-refractivity contribution in [1.82, 2.24) is 15.3 Å². The van der Waals surface area contributed by atoms with E-state index in [1.807, 2.05) is 67.7 Å². The van der Waals surface area contributed by atoms with Crippen LogP contribution in [0.5, 0.6) is 0 Å². The fraction of sp³-hybridized carbons (Fsp3) is 0.318. The topological polar surface area (TPSA) is 58.1 Å². The van der Waals surface area contributed by atoms with Crippen molar-refractivity contribution in [3.05, 3.63) is 66.4 Å². The van der Waals surface area contributed by atoms with Gasteiger partial charge in [-0.1, -0.05) is 42.5 Å². The summed E-state index contributed by atoms with van der Waals surface area (Å²) in [5.41, 5.74) is 2.91. The van der Waals surface area contributed by atoms with E-state index in [-0.39, 0.29) is 17.9 Å². The second kappa shape index (κ2) is 7.74. The first kappa shape index (κ1) is 17.5. The molecule has 3 aromatic rings. The molecule has 2 heterocycles. The molecule has 1 aliphatic rings. The third-order valence-electron chi connectivity index (χ3n) is 5.21. The zero-order chi connectivity index (χ0) is 18.6. The average molecular weight is 360 g/mol. The monoisotopic (exact) mass is 360 g/mol. The van der Waals surface area contributed by atoms with Crippen molar-refractivity contribution < 1.29 is 4.79 Å². The number of carbonyl (C=O) groups excluding carboxylic acids is 1. The Hall–Kier alpha value is -2.95. The fourth-order valence-corrected chi connectivity index (χ4v) is 3.66. The zero-order valence-electron chi connectivity index (χ0n) is 15.5. The molecular weight excluding hydrogens is 336 g/mol. The van der Waals surface area contributed by atoms with Gasteiger partial charge in [-0.3, -0.25) is 9.78 Å². The van der Waals surface area contributed by atoms with Gasteiger partial charge < -0.3 is 10.2 Å². The summed E-state index contributed by atoms with van der Waals surface area (Å²) in [6.07, 6.45) is 3.70. The molecule has 0 saturated carbocycles. The average Bonchev–Trinajstić information content (AvgIpc) is 2.74. The molecule has 1 saturated heterocycles. The molecule has 1 aliphatic heterocycles. The largest absolute Gasteiger partial charge is 0.355 e. The normalized spacial score (nSPS) is 18.3. The van der Waals surface area contributed by atoms with Crippen LogP contribution in [0.1, 0.15) is 31.4 Å². The van der Waals surface area contributed by atoms with Crippen molar-refractivity contribution in [3.63, 3.8) is 0 Å². The van der Waals surface area contributed by atoms with Crippen molar-refractivity contribution in [2.75, 3.05) is 18.0 Å². The van der Waals surface area contributed by atoms with Gasteiger partial charge in [-0.25, -0.2) is 4.98 Å². The molecule has 138 valence electrons. The highest BCUT2D eigenvalue weighted by Crippen LogP contribution is 2.24. The minimum Gasteiger partial charge on any atom is -0.355 e. The first-order chi connectivity index (χ1) is 13.2. The predicted molar refractivity (Wildman–Crippen MR) is 107 cm³/mol. The molecule has 5 heteroatoms. The molecule has 4 rings (SSSR count). The van der Waals surface area contributed by atoms with Crippen LogP contribution in [-0.2, 0) is 4.79 Å². The number of para-hydroxylation sites is 2. The lowest BCUT2D eigenvalue weighted by Gasteiger charge is -2.33. The minimum atomic E-state index is -0.0295. The van der Waals surface area contributed by atoms with Crippen LogP contribution in [0.4, 0.5) is 5.82 Å². The molecule has 0 spiro atoms. The highest BCUT2D eigenvalue weighted by molar-refractivity contribution is 5.80. The molecule has 2 aromatic carbocycles. The Morgan fingerprint density at radius 2 is 1.85 bits per heavy atom. The maximum Gasteiger partial charge on any atom is 0.225 e. The van der Waals surface area contributed by atoms with Gasteiger partial charge in [-0.15, -0.1) is 0 Å². The van der Waals surface area contributed by atoms with Gasteiger partial charge in [0.1, 0.15) is 5.82 Å². The maximum atomic E-state index is 12.8. The van der Waals surface area contributed by atoms with Gasteiger partial charge in [0.15, 0.2) is 0 Å². The van der Waals surface area contributed by atoms with Gasteiger partial charge in [0.2, 0.25) is 5.91 Å². The number of amides is 1. The number of nitrogens with zero attached hydrogens (tertiary/aromatic N) is 3. The lowest BCUT2D eigenvalue weighted by atomic mass is 9.96. The van der Waals surface area contributed by atoms with E-state index in [1.165, 1.54) is 0 Å². The summed E-state index contributed by atoms with van der Waals surface area (Å²) in [5.74, 6) is 0.935. The van der Waals surface area contributed by atoms with Gasteiger partial charge in [0.05, 0.1) is 29.2 Å². The standard InChI is InChI=1S/C22H24N4O/c1-16(17-8-3-2-4-9-17)24-22(27)18-10-7-13-26(15-18)21-14-23-19-11-5-6-12-20(19)25-21/h2-6,8-9,11-12,14,16,18H,7,10,13,15H2,1H3,(H,24,27)/t16-,18-/m1/s1. The quantitative estimate of drug-likeness (QED) is 0.770. The highest BCUT2D eigenvalue weighted by Gasteiger charge is 2.27. The number of hydrogen-bond donors (Lipinski definition) is 1. The molecular formula is C22H24N4O. The Kier molecular flexibility index (Phi) is 5.01. The Morgan fingerprint density at radius 3 is 2.67 bits per heavy atom. The lowest BCUT2D eigenvalue weighted by Crippen LogP contribution is -2.44. The Morgan fingerprint density at radius 1 is 1.11 bits per heavy atom. The third-order valence-corrected chi connectivity index (χ3v) is 5.21. The second-order valence-corrected chi connectivity index (χ2v) is 7.14. The van der Waals surface area contributed by atoms with Crippen molar-refractivity contribution in [2.24, 2.45) is 5.92 Å². The summed E-state index contributed by atoms with van der Waals surface area (Å²) in [6, 6.07) is 18.0. The molecule has 0 bridgehead atoms. The zero-order valence-corrected chi connectivity index (χ0v) is 15.5. The van der Waals surface area contributed by atoms with E-state index in [9.17, 15) is 4.79 Å². The molecule has 27 heavy (non-hydrogen) atoms. The maximum absolute atomic E-state index is 12.8. The number of carbonyl (C=O) groups is 1. The Bertz CT molecular complexity index is 928. The van der Waals surface area contributed by atoms with Gasteiger partial charge >= 0.3 is 0 Å². The van der Waals surface area contributed by atoms with Crippen molar-refractivity contribution in [3.8, 4) is 0 Å². The van der Waals surface area contributed by atoms with Gasteiger partial charge in [0, 0.05) is 13.1 Å². The number of hydrogen-bond acceptors (Lipinski definition) is 4. The summed E-state index contributed by atoms with van der Waals surface area (Å²) in [7, 11) is 0. The van der Waals surface area contributed by atoms with E-state index < -0.39 is 0 Å². The van der Waals surface area contributed by atoms with E-state index in [0.717, 1.165) is 41.8 Å². The fourth-order valence-electron chi connectivity index (χ4n) is 3.66. The van der Waals surface area contributed by atoms with E-state index >= 15 is 0 Å². The van der Waals surface area contributed by atoms with Crippen LogP contribution in [0.25, 0.3) is 11.0 Å². The van der Waals surface area contributed by atoms with Crippen molar-refractivity contribution in [1.29, 1.82) is 0 Å². The molecule has 1 N–H and O–H groups in total. The summed E-state index contributed by atoms with van der Waals surface area (Å²) in [4.78, 5) is 24.2. The number of anilines is 1. The van der Waals surface area contributed by atoms with Crippen molar-refractivity contribution in [2.45, 2.75) is 25.8 Å². The molecule has 1 amide bonds. The first-order valence-electron chi connectivity index (χ1n) is 9.53. The number of fused-ring (bicyclic) bond motifs is 1. The molecule has 0 unspecified atom stereocenters. The van der Waals surface area contributed by atoms with E-state index in [4.69, 9.17) is 4.98 Å². The number of rotatable bonds is 4. The smallest absolute Gasteiger partial charge is 0.225 e. The van der Waals surface area contributed by atoms with E-state index in [2.05, 4.69) is 15.2 Å². The highest BCUT2D eigenvalue weighted by atomic mass is 16.2. The summed E-state index contributed by atoms with van der Waals surface area (Å²) in [6.45, 7) is 3.62.